The number of aromatic nitrogens is 1. The molecule has 0 unspecified atom stereocenters. The Morgan fingerprint density at radius 2 is 1.87 bits per heavy atom. The lowest BCUT2D eigenvalue weighted by molar-refractivity contribution is -0.135. The van der Waals surface area contributed by atoms with Gasteiger partial charge in [-0.3, -0.25) is 9.78 Å². The highest BCUT2D eigenvalue weighted by atomic mass is 19.1. The van der Waals surface area contributed by atoms with Crippen LogP contribution in [-0.2, 0) is 16.8 Å². The van der Waals surface area contributed by atoms with Crippen LogP contribution in [0.3, 0.4) is 0 Å². The molecule has 2 aromatic rings. The maximum Gasteiger partial charge on any atom is 0.226 e. The average molecular weight is 314 g/mol. The maximum absolute atomic E-state index is 12.9. The van der Waals surface area contributed by atoms with Crippen LogP contribution in [0.15, 0.2) is 48.7 Å². The van der Waals surface area contributed by atoms with Crippen molar-refractivity contribution in [2.24, 2.45) is 0 Å². The van der Waals surface area contributed by atoms with Crippen molar-refractivity contribution in [3.05, 3.63) is 65.7 Å². The summed E-state index contributed by atoms with van der Waals surface area (Å²) >= 11 is 0. The van der Waals surface area contributed by atoms with Gasteiger partial charge in [0.1, 0.15) is 11.4 Å². The van der Waals surface area contributed by atoms with Gasteiger partial charge in [0.15, 0.2) is 0 Å². The number of halogens is 1. The first-order valence-electron chi connectivity index (χ1n) is 7.73. The lowest BCUT2D eigenvalue weighted by Gasteiger charge is -2.37. The fraction of sp³-hybridized carbons (Fsp3) is 0.333. The van der Waals surface area contributed by atoms with Crippen molar-refractivity contribution in [2.75, 3.05) is 13.1 Å². The van der Waals surface area contributed by atoms with Gasteiger partial charge in [0.2, 0.25) is 5.91 Å². The van der Waals surface area contributed by atoms with Gasteiger partial charge in [-0.2, -0.15) is 0 Å². The minimum atomic E-state index is -0.964. The summed E-state index contributed by atoms with van der Waals surface area (Å²) < 4.78 is 12.9. The molecule has 0 aliphatic carbocycles. The first-order chi connectivity index (χ1) is 11.1. The number of hydrogen-bond acceptors (Lipinski definition) is 3. The van der Waals surface area contributed by atoms with E-state index in [0.717, 1.165) is 5.56 Å². The molecular formula is C18H19FN2O2. The number of amides is 1. The van der Waals surface area contributed by atoms with E-state index < -0.39 is 5.60 Å². The number of rotatable bonds is 3. The van der Waals surface area contributed by atoms with Crippen LogP contribution in [0.2, 0.25) is 0 Å². The van der Waals surface area contributed by atoms with E-state index in [9.17, 15) is 14.3 Å². The summed E-state index contributed by atoms with van der Waals surface area (Å²) in [5.74, 6) is -0.306. The van der Waals surface area contributed by atoms with E-state index in [-0.39, 0.29) is 18.1 Å². The summed E-state index contributed by atoms with van der Waals surface area (Å²) in [6.45, 7) is 0.986. The van der Waals surface area contributed by atoms with Gasteiger partial charge >= 0.3 is 0 Å². The van der Waals surface area contributed by atoms with Crippen LogP contribution in [0, 0.1) is 5.82 Å². The molecule has 0 spiro atoms. The molecule has 0 saturated carbocycles. The largest absolute Gasteiger partial charge is 0.383 e. The standard InChI is InChI=1S/C18H19FN2O2/c19-15-6-4-14(5-7-15)13-17(22)21-11-8-18(23,9-12-21)16-3-1-2-10-20-16/h1-7,10,23H,8-9,11-13H2. The maximum atomic E-state index is 12.9. The van der Waals surface area contributed by atoms with Crippen molar-refractivity contribution < 1.29 is 14.3 Å². The molecule has 3 rings (SSSR count). The molecule has 1 amide bonds. The van der Waals surface area contributed by atoms with Crippen LogP contribution in [0.5, 0.6) is 0 Å². The topological polar surface area (TPSA) is 53.4 Å². The second kappa shape index (κ2) is 6.46. The van der Waals surface area contributed by atoms with Crippen molar-refractivity contribution in [1.29, 1.82) is 0 Å². The lowest BCUT2D eigenvalue weighted by atomic mass is 9.87. The highest BCUT2D eigenvalue weighted by Crippen LogP contribution is 2.31. The van der Waals surface area contributed by atoms with Gasteiger partial charge in [-0.15, -0.1) is 0 Å². The highest BCUT2D eigenvalue weighted by Gasteiger charge is 2.36. The molecule has 1 aliphatic rings. The molecule has 23 heavy (non-hydrogen) atoms. The van der Waals surface area contributed by atoms with Gasteiger partial charge in [-0.1, -0.05) is 18.2 Å². The van der Waals surface area contributed by atoms with Crippen molar-refractivity contribution >= 4 is 5.91 Å². The average Bonchev–Trinajstić information content (AvgIpc) is 2.58. The Balaban J connectivity index is 1.60. The molecule has 1 saturated heterocycles. The first kappa shape index (κ1) is 15.6. The van der Waals surface area contributed by atoms with Gasteiger partial charge in [0.25, 0.3) is 0 Å². The number of aliphatic hydroxyl groups is 1. The van der Waals surface area contributed by atoms with Gasteiger partial charge in [-0.05, 0) is 42.7 Å². The third kappa shape index (κ3) is 3.56. The summed E-state index contributed by atoms with van der Waals surface area (Å²) in [5.41, 5.74) is 0.487. The molecular weight excluding hydrogens is 295 g/mol. The van der Waals surface area contributed by atoms with Crippen LogP contribution in [0.4, 0.5) is 4.39 Å². The number of carbonyl (C=O) groups excluding carboxylic acids is 1. The lowest BCUT2D eigenvalue weighted by Crippen LogP contribution is -2.46. The third-order valence-electron chi connectivity index (χ3n) is 4.35. The number of nitrogens with zero attached hydrogens (tertiary/aromatic N) is 2. The molecule has 120 valence electrons. The number of benzene rings is 1. The molecule has 1 N–H and O–H groups in total. The predicted octanol–water partition coefficient (Wildman–Crippen LogP) is 2.27. The Kier molecular flexibility index (Phi) is 4.39. The molecule has 1 fully saturated rings. The zero-order valence-corrected chi connectivity index (χ0v) is 12.8. The highest BCUT2D eigenvalue weighted by molar-refractivity contribution is 5.78. The molecule has 1 aromatic carbocycles. The first-order valence-corrected chi connectivity index (χ1v) is 7.73. The fourth-order valence-corrected chi connectivity index (χ4v) is 2.91. The second-order valence-corrected chi connectivity index (χ2v) is 5.93. The number of pyridine rings is 1. The van der Waals surface area contributed by atoms with Crippen LogP contribution < -0.4 is 0 Å². The molecule has 0 atom stereocenters. The Morgan fingerprint density at radius 3 is 2.48 bits per heavy atom. The number of carbonyl (C=O) groups is 1. The van der Waals surface area contributed by atoms with Crippen molar-refractivity contribution in [3.8, 4) is 0 Å². The normalized spacial score (nSPS) is 17.0. The zero-order chi connectivity index (χ0) is 16.3. The van der Waals surface area contributed by atoms with E-state index in [4.69, 9.17) is 0 Å². The van der Waals surface area contributed by atoms with Crippen molar-refractivity contribution in [2.45, 2.75) is 24.9 Å². The van der Waals surface area contributed by atoms with E-state index in [1.165, 1.54) is 12.1 Å². The smallest absolute Gasteiger partial charge is 0.226 e. The molecule has 0 bridgehead atoms. The number of piperidine rings is 1. The SMILES string of the molecule is O=C(Cc1ccc(F)cc1)N1CCC(O)(c2ccccn2)CC1. The van der Waals surface area contributed by atoms with Crippen LogP contribution in [-0.4, -0.2) is 34.0 Å². The van der Waals surface area contributed by atoms with Crippen molar-refractivity contribution in [3.63, 3.8) is 0 Å². The third-order valence-corrected chi connectivity index (χ3v) is 4.35. The predicted molar refractivity (Wildman–Crippen MR) is 84.1 cm³/mol. The summed E-state index contributed by atoms with van der Waals surface area (Å²) in [7, 11) is 0. The number of hydrogen-bond donors (Lipinski definition) is 1. The molecule has 5 heteroatoms. The Bertz CT molecular complexity index is 665. The van der Waals surface area contributed by atoms with Crippen LogP contribution in [0.25, 0.3) is 0 Å². The Hall–Kier alpha value is -2.27. The van der Waals surface area contributed by atoms with Gasteiger partial charge < -0.3 is 10.0 Å². The molecule has 1 aromatic heterocycles. The summed E-state index contributed by atoms with van der Waals surface area (Å²) in [5, 5.41) is 10.7. The second-order valence-electron chi connectivity index (χ2n) is 5.93. The quantitative estimate of drug-likeness (QED) is 0.945. The molecule has 0 radical (unpaired) electrons. The summed E-state index contributed by atoms with van der Waals surface area (Å²) in [6, 6.07) is 11.5. The van der Waals surface area contributed by atoms with Crippen LogP contribution in [0.1, 0.15) is 24.1 Å². The monoisotopic (exact) mass is 314 g/mol. The van der Waals surface area contributed by atoms with E-state index in [1.807, 2.05) is 18.2 Å². The van der Waals surface area contributed by atoms with Gasteiger partial charge in [0, 0.05) is 19.3 Å². The summed E-state index contributed by atoms with van der Waals surface area (Å²) in [6.07, 6.45) is 2.86. The van der Waals surface area contributed by atoms with Crippen LogP contribution >= 0.6 is 0 Å². The number of likely N-dealkylation sites (tertiary alicyclic amines) is 1. The molecule has 1 aliphatic heterocycles. The van der Waals surface area contributed by atoms with Gasteiger partial charge in [0.05, 0.1) is 12.1 Å². The van der Waals surface area contributed by atoms with E-state index in [2.05, 4.69) is 4.98 Å². The van der Waals surface area contributed by atoms with E-state index in [1.54, 1.807) is 23.2 Å². The fourth-order valence-electron chi connectivity index (χ4n) is 2.91. The van der Waals surface area contributed by atoms with Crippen molar-refractivity contribution in [1.82, 2.24) is 9.88 Å². The van der Waals surface area contributed by atoms with Gasteiger partial charge in [-0.25, -0.2) is 4.39 Å². The minimum Gasteiger partial charge on any atom is -0.383 e. The van der Waals surface area contributed by atoms with E-state index >= 15 is 0 Å². The summed E-state index contributed by atoms with van der Waals surface area (Å²) in [4.78, 5) is 18.3. The molecule has 4 nitrogen and oxygen atoms in total. The Morgan fingerprint density at radius 1 is 1.17 bits per heavy atom. The molecule has 2 heterocycles. The van der Waals surface area contributed by atoms with E-state index in [0.29, 0.717) is 31.6 Å². The minimum absolute atomic E-state index is 0.000297. The Labute approximate surface area is 134 Å². The zero-order valence-electron chi connectivity index (χ0n) is 12.8.